The van der Waals surface area contributed by atoms with Gasteiger partial charge in [0.15, 0.2) is 0 Å². The number of nitrogens with zero attached hydrogens (tertiary/aromatic N) is 1. The van der Waals surface area contributed by atoms with Crippen LogP contribution in [0.15, 0.2) is 24.3 Å². The molecule has 4 heteroatoms. The number of hydrogen-bond donors (Lipinski definition) is 1. The van der Waals surface area contributed by atoms with Gasteiger partial charge in [-0.2, -0.15) is 0 Å². The number of amides is 1. The zero-order valence-electron chi connectivity index (χ0n) is 11.3. The highest BCUT2D eigenvalue weighted by atomic mass is 16.5. The molecule has 102 valence electrons. The van der Waals surface area contributed by atoms with Crippen LogP contribution < -0.4 is 5.32 Å². The Hall–Kier alpha value is -1.39. The van der Waals surface area contributed by atoms with Gasteiger partial charge in [0.05, 0.1) is 25.2 Å². The van der Waals surface area contributed by atoms with E-state index >= 15 is 0 Å². The van der Waals surface area contributed by atoms with Crippen LogP contribution in [0.5, 0.6) is 0 Å². The number of ether oxygens (including phenoxy) is 1. The van der Waals surface area contributed by atoms with Crippen LogP contribution in [-0.2, 0) is 16.1 Å². The Bertz CT molecular complexity index is 475. The first-order valence-corrected chi connectivity index (χ1v) is 6.94. The summed E-state index contributed by atoms with van der Waals surface area (Å²) >= 11 is 0. The number of benzene rings is 1. The molecular weight excluding hydrogens is 240 g/mol. The van der Waals surface area contributed by atoms with E-state index in [9.17, 15) is 4.79 Å². The molecule has 0 aromatic heterocycles. The van der Waals surface area contributed by atoms with Crippen LogP contribution in [0.2, 0.25) is 0 Å². The molecule has 1 aromatic carbocycles. The number of fused-ring (bicyclic) bond motifs is 1. The third-order valence-electron chi connectivity index (χ3n) is 4.04. The molecule has 1 N–H and O–H groups in total. The topological polar surface area (TPSA) is 41.6 Å². The average molecular weight is 260 g/mol. The van der Waals surface area contributed by atoms with Crippen LogP contribution in [0.1, 0.15) is 24.0 Å². The molecule has 0 saturated carbocycles. The monoisotopic (exact) mass is 260 g/mol. The normalized spacial score (nSPS) is 26.9. The highest BCUT2D eigenvalue weighted by Gasteiger charge is 2.33. The van der Waals surface area contributed by atoms with Crippen molar-refractivity contribution in [1.82, 2.24) is 10.2 Å². The van der Waals surface area contributed by atoms with Gasteiger partial charge in [0.2, 0.25) is 5.91 Å². The van der Waals surface area contributed by atoms with Crippen molar-refractivity contribution >= 4 is 5.91 Å². The van der Waals surface area contributed by atoms with Crippen molar-refractivity contribution in [1.29, 1.82) is 0 Å². The standard InChI is InChI=1S/C15H20N2O2/c1-11-10-19-7-6-17(11)15(18)14-9-16-8-12-4-2-3-5-13(12)14/h2-5,11,14,16H,6-10H2,1H3. The summed E-state index contributed by atoms with van der Waals surface area (Å²) in [6.45, 7) is 5.65. The van der Waals surface area contributed by atoms with E-state index in [-0.39, 0.29) is 17.9 Å². The highest BCUT2D eigenvalue weighted by Crippen LogP contribution is 2.26. The second kappa shape index (κ2) is 5.31. The number of carbonyl (C=O) groups is 1. The molecule has 0 spiro atoms. The van der Waals surface area contributed by atoms with Gasteiger partial charge in [0.25, 0.3) is 0 Å². The van der Waals surface area contributed by atoms with E-state index in [2.05, 4.69) is 24.4 Å². The molecule has 2 unspecified atom stereocenters. The molecule has 1 fully saturated rings. The number of carbonyl (C=O) groups excluding carboxylic acids is 1. The summed E-state index contributed by atoms with van der Waals surface area (Å²) in [4.78, 5) is 14.7. The van der Waals surface area contributed by atoms with Gasteiger partial charge in [-0.3, -0.25) is 4.79 Å². The predicted octanol–water partition coefficient (Wildman–Crippen LogP) is 1.12. The van der Waals surface area contributed by atoms with Crippen LogP contribution >= 0.6 is 0 Å². The maximum Gasteiger partial charge on any atom is 0.231 e. The number of morpholine rings is 1. The summed E-state index contributed by atoms with van der Waals surface area (Å²) in [5.41, 5.74) is 2.43. The molecule has 2 aliphatic rings. The number of hydrogen-bond acceptors (Lipinski definition) is 3. The van der Waals surface area contributed by atoms with Gasteiger partial charge in [-0.05, 0) is 18.1 Å². The van der Waals surface area contributed by atoms with E-state index < -0.39 is 0 Å². The fourth-order valence-electron chi connectivity index (χ4n) is 2.97. The Morgan fingerprint density at radius 2 is 2.26 bits per heavy atom. The van der Waals surface area contributed by atoms with Gasteiger partial charge in [-0.15, -0.1) is 0 Å². The SMILES string of the molecule is CC1COCCN1C(=O)C1CNCc2ccccc21. The van der Waals surface area contributed by atoms with Crippen molar-refractivity contribution in [3.8, 4) is 0 Å². The lowest BCUT2D eigenvalue weighted by Crippen LogP contribution is -2.50. The second-order valence-corrected chi connectivity index (χ2v) is 5.34. The molecule has 1 amide bonds. The first-order valence-electron chi connectivity index (χ1n) is 6.94. The lowest BCUT2D eigenvalue weighted by atomic mass is 9.89. The molecule has 1 saturated heterocycles. The zero-order chi connectivity index (χ0) is 13.2. The summed E-state index contributed by atoms with van der Waals surface area (Å²) < 4.78 is 5.41. The number of nitrogens with one attached hydrogen (secondary N) is 1. The largest absolute Gasteiger partial charge is 0.377 e. The summed E-state index contributed by atoms with van der Waals surface area (Å²) in [5.74, 6) is 0.181. The molecule has 4 nitrogen and oxygen atoms in total. The fourth-order valence-corrected chi connectivity index (χ4v) is 2.97. The molecule has 3 rings (SSSR count). The first kappa shape index (κ1) is 12.6. The molecule has 19 heavy (non-hydrogen) atoms. The van der Waals surface area contributed by atoms with Gasteiger partial charge in [-0.1, -0.05) is 24.3 Å². The Morgan fingerprint density at radius 3 is 3.11 bits per heavy atom. The molecule has 0 radical (unpaired) electrons. The molecule has 0 bridgehead atoms. The molecule has 2 aliphatic heterocycles. The Labute approximate surface area is 113 Å². The first-order chi connectivity index (χ1) is 9.27. The molecular formula is C15H20N2O2. The van der Waals surface area contributed by atoms with Crippen LogP contribution in [-0.4, -0.2) is 43.2 Å². The van der Waals surface area contributed by atoms with Gasteiger partial charge < -0.3 is 15.0 Å². The van der Waals surface area contributed by atoms with Crippen molar-refractivity contribution in [3.05, 3.63) is 35.4 Å². The van der Waals surface area contributed by atoms with Crippen molar-refractivity contribution < 1.29 is 9.53 Å². The van der Waals surface area contributed by atoms with E-state index in [1.54, 1.807) is 0 Å². The van der Waals surface area contributed by atoms with Crippen molar-refractivity contribution in [2.75, 3.05) is 26.3 Å². The third-order valence-corrected chi connectivity index (χ3v) is 4.04. The summed E-state index contributed by atoms with van der Waals surface area (Å²) in [6, 6.07) is 8.42. The summed E-state index contributed by atoms with van der Waals surface area (Å²) in [6.07, 6.45) is 0. The molecule has 1 aromatic rings. The van der Waals surface area contributed by atoms with Crippen molar-refractivity contribution in [2.24, 2.45) is 0 Å². The molecule has 2 atom stereocenters. The predicted molar refractivity (Wildman–Crippen MR) is 72.9 cm³/mol. The third kappa shape index (κ3) is 2.38. The van der Waals surface area contributed by atoms with Crippen LogP contribution in [0, 0.1) is 0 Å². The van der Waals surface area contributed by atoms with Gasteiger partial charge >= 0.3 is 0 Å². The smallest absolute Gasteiger partial charge is 0.231 e. The minimum absolute atomic E-state index is 0.0505. The molecule has 0 aliphatic carbocycles. The lowest BCUT2D eigenvalue weighted by molar-refractivity contribution is -0.140. The Balaban J connectivity index is 1.84. The van der Waals surface area contributed by atoms with E-state index in [1.807, 2.05) is 17.0 Å². The van der Waals surface area contributed by atoms with E-state index in [4.69, 9.17) is 4.74 Å². The van der Waals surface area contributed by atoms with Crippen LogP contribution in [0.25, 0.3) is 0 Å². The van der Waals surface area contributed by atoms with E-state index in [1.165, 1.54) is 11.1 Å². The minimum atomic E-state index is -0.0505. The van der Waals surface area contributed by atoms with Crippen molar-refractivity contribution in [3.63, 3.8) is 0 Å². The minimum Gasteiger partial charge on any atom is -0.377 e. The maximum atomic E-state index is 12.8. The van der Waals surface area contributed by atoms with Crippen molar-refractivity contribution in [2.45, 2.75) is 25.4 Å². The zero-order valence-corrected chi connectivity index (χ0v) is 11.3. The van der Waals surface area contributed by atoms with Crippen LogP contribution in [0.3, 0.4) is 0 Å². The van der Waals surface area contributed by atoms with Gasteiger partial charge in [-0.25, -0.2) is 0 Å². The summed E-state index contributed by atoms with van der Waals surface area (Å²) in [7, 11) is 0. The van der Waals surface area contributed by atoms with Crippen LogP contribution in [0.4, 0.5) is 0 Å². The quantitative estimate of drug-likeness (QED) is 0.823. The Morgan fingerprint density at radius 1 is 1.42 bits per heavy atom. The Kier molecular flexibility index (Phi) is 3.53. The maximum absolute atomic E-state index is 12.8. The lowest BCUT2D eigenvalue weighted by Gasteiger charge is -2.37. The van der Waals surface area contributed by atoms with E-state index in [0.29, 0.717) is 19.8 Å². The fraction of sp³-hybridized carbons (Fsp3) is 0.533. The summed E-state index contributed by atoms with van der Waals surface area (Å²) in [5, 5.41) is 3.35. The average Bonchev–Trinajstić information content (AvgIpc) is 2.46. The van der Waals surface area contributed by atoms with Gasteiger partial charge in [0.1, 0.15) is 0 Å². The highest BCUT2D eigenvalue weighted by molar-refractivity contribution is 5.85. The number of rotatable bonds is 1. The van der Waals surface area contributed by atoms with E-state index in [0.717, 1.165) is 13.1 Å². The molecule has 2 heterocycles. The van der Waals surface area contributed by atoms with Gasteiger partial charge in [0, 0.05) is 19.6 Å². The second-order valence-electron chi connectivity index (χ2n) is 5.34.